The molecule has 1 heterocycles. The van der Waals surface area contributed by atoms with Crippen molar-refractivity contribution in [1.29, 1.82) is 0 Å². The maximum Gasteiger partial charge on any atom is 0.216 e. The van der Waals surface area contributed by atoms with Crippen LogP contribution in [0.2, 0.25) is 0 Å². The third-order valence-electron chi connectivity index (χ3n) is 2.98. The van der Waals surface area contributed by atoms with Gasteiger partial charge in [-0.05, 0) is 23.3 Å². The third-order valence-corrected chi connectivity index (χ3v) is 2.98. The van der Waals surface area contributed by atoms with Gasteiger partial charge in [-0.25, -0.2) is 0 Å². The fourth-order valence-corrected chi connectivity index (χ4v) is 1.97. The summed E-state index contributed by atoms with van der Waals surface area (Å²) in [5.74, 6) is 0.603. The summed E-state index contributed by atoms with van der Waals surface area (Å²) >= 11 is 0. The van der Waals surface area contributed by atoms with Crippen LogP contribution in [0.4, 0.5) is 0 Å². The molecule has 0 spiro atoms. The first kappa shape index (κ1) is 12.9. The van der Waals surface area contributed by atoms with Crippen LogP contribution in [0.5, 0.6) is 5.75 Å². The molecule has 0 aromatic heterocycles. The molecule has 0 saturated heterocycles. The number of carbonyl (C=O) groups is 1. The van der Waals surface area contributed by atoms with Gasteiger partial charge in [0.2, 0.25) is 5.91 Å². The molecule has 1 aliphatic rings. The molecule has 0 bridgehead atoms. The summed E-state index contributed by atoms with van der Waals surface area (Å²) in [6.45, 7) is 2.05. The molecule has 1 aliphatic heterocycles. The zero-order chi connectivity index (χ0) is 13.1. The number of rotatable bonds is 4. The van der Waals surface area contributed by atoms with Crippen LogP contribution in [0.1, 0.15) is 24.2 Å². The summed E-state index contributed by atoms with van der Waals surface area (Å²) in [4.78, 5) is 10.7. The molecule has 3 N–H and O–H groups in total. The van der Waals surface area contributed by atoms with E-state index in [9.17, 15) is 15.0 Å². The molecular formula is C13H17NO4. The number of nitrogens with one attached hydrogen (secondary N) is 1. The quantitative estimate of drug-likeness (QED) is 0.712. The summed E-state index contributed by atoms with van der Waals surface area (Å²) in [5, 5.41) is 22.2. The van der Waals surface area contributed by atoms with Gasteiger partial charge in [0.05, 0.1) is 6.61 Å². The Morgan fingerprint density at radius 3 is 3.00 bits per heavy atom. The Labute approximate surface area is 105 Å². The molecule has 1 aromatic rings. The maximum atomic E-state index is 10.7. The number of amides is 1. The first-order chi connectivity index (χ1) is 8.58. The highest BCUT2D eigenvalue weighted by Crippen LogP contribution is 2.29. The van der Waals surface area contributed by atoms with Gasteiger partial charge in [0.1, 0.15) is 18.0 Å². The largest absolute Gasteiger partial charge is 0.493 e. The van der Waals surface area contributed by atoms with Crippen molar-refractivity contribution < 1.29 is 19.7 Å². The highest BCUT2D eigenvalue weighted by atomic mass is 16.5. The number of benzene rings is 1. The molecule has 2 unspecified atom stereocenters. The second-order valence-corrected chi connectivity index (χ2v) is 4.41. The molecule has 5 nitrogen and oxygen atoms in total. The lowest BCUT2D eigenvalue weighted by Gasteiger charge is -2.18. The summed E-state index contributed by atoms with van der Waals surface area (Å²) in [5.41, 5.74) is 1.68. The minimum absolute atomic E-state index is 0.0318. The van der Waals surface area contributed by atoms with Crippen molar-refractivity contribution in [2.75, 3.05) is 13.2 Å². The van der Waals surface area contributed by atoms with E-state index in [1.54, 1.807) is 12.1 Å². The Kier molecular flexibility index (Phi) is 3.84. The second-order valence-electron chi connectivity index (χ2n) is 4.41. The van der Waals surface area contributed by atoms with Crippen LogP contribution in [0.15, 0.2) is 18.2 Å². The predicted octanol–water partition coefficient (Wildman–Crippen LogP) is 0.152. The van der Waals surface area contributed by atoms with Crippen LogP contribution in [-0.4, -0.2) is 35.4 Å². The highest BCUT2D eigenvalue weighted by Gasteiger charge is 2.21. The van der Waals surface area contributed by atoms with Crippen LogP contribution in [0.25, 0.3) is 0 Å². The number of aliphatic hydroxyl groups excluding tert-OH is 2. The lowest BCUT2D eigenvalue weighted by molar-refractivity contribution is -0.119. The fourth-order valence-electron chi connectivity index (χ4n) is 1.97. The van der Waals surface area contributed by atoms with Gasteiger partial charge in [-0.1, -0.05) is 6.07 Å². The molecule has 2 atom stereocenters. The molecule has 18 heavy (non-hydrogen) atoms. The Morgan fingerprint density at radius 1 is 1.50 bits per heavy atom. The number of aliphatic hydroxyl groups is 2. The van der Waals surface area contributed by atoms with E-state index in [0.29, 0.717) is 12.2 Å². The summed E-state index contributed by atoms with van der Waals surface area (Å²) in [6.07, 6.45) is -1.21. The highest BCUT2D eigenvalue weighted by molar-refractivity contribution is 5.72. The Bertz CT molecular complexity index is 447. The van der Waals surface area contributed by atoms with E-state index in [-0.39, 0.29) is 12.5 Å². The third kappa shape index (κ3) is 2.80. The van der Waals surface area contributed by atoms with E-state index in [0.717, 1.165) is 17.7 Å². The van der Waals surface area contributed by atoms with Crippen LogP contribution >= 0.6 is 0 Å². The van der Waals surface area contributed by atoms with Crippen molar-refractivity contribution in [2.45, 2.75) is 25.6 Å². The first-order valence-electron chi connectivity index (χ1n) is 5.94. The topological polar surface area (TPSA) is 78.8 Å². The maximum absolute atomic E-state index is 10.7. The van der Waals surface area contributed by atoms with Gasteiger partial charge in [-0.2, -0.15) is 0 Å². The molecule has 1 aromatic carbocycles. The Balaban J connectivity index is 2.04. The van der Waals surface area contributed by atoms with E-state index in [2.05, 4.69) is 5.32 Å². The lowest BCUT2D eigenvalue weighted by Crippen LogP contribution is -2.34. The zero-order valence-electron chi connectivity index (χ0n) is 10.2. The van der Waals surface area contributed by atoms with E-state index in [4.69, 9.17) is 4.74 Å². The average Bonchev–Trinajstić information content (AvgIpc) is 2.81. The monoisotopic (exact) mass is 251 g/mol. The second kappa shape index (κ2) is 5.37. The van der Waals surface area contributed by atoms with E-state index in [1.165, 1.54) is 6.92 Å². The Hall–Kier alpha value is -1.59. The van der Waals surface area contributed by atoms with Crippen LogP contribution in [0.3, 0.4) is 0 Å². The number of ether oxygens (including phenoxy) is 1. The summed E-state index contributed by atoms with van der Waals surface area (Å²) in [6, 6.07) is 5.36. The SMILES string of the molecule is CC(=O)NCC(O)C(O)c1ccc2c(c1)CCO2. The van der Waals surface area contributed by atoms with Gasteiger partial charge in [0.25, 0.3) is 0 Å². The van der Waals surface area contributed by atoms with Gasteiger partial charge in [0.15, 0.2) is 0 Å². The molecule has 0 saturated carbocycles. The van der Waals surface area contributed by atoms with E-state index < -0.39 is 12.2 Å². The summed E-state index contributed by atoms with van der Waals surface area (Å²) in [7, 11) is 0. The van der Waals surface area contributed by atoms with Gasteiger partial charge in [-0.3, -0.25) is 4.79 Å². The van der Waals surface area contributed by atoms with Crippen molar-refractivity contribution in [3.63, 3.8) is 0 Å². The number of carbonyl (C=O) groups excluding carboxylic acids is 1. The predicted molar refractivity (Wildman–Crippen MR) is 65.3 cm³/mol. The Morgan fingerprint density at radius 2 is 2.28 bits per heavy atom. The molecule has 98 valence electrons. The van der Waals surface area contributed by atoms with Gasteiger partial charge in [0, 0.05) is 19.9 Å². The van der Waals surface area contributed by atoms with Crippen molar-refractivity contribution in [3.8, 4) is 5.75 Å². The normalized spacial score (nSPS) is 16.6. The smallest absolute Gasteiger partial charge is 0.216 e. The molecule has 5 heteroatoms. The van der Waals surface area contributed by atoms with Crippen molar-refractivity contribution in [3.05, 3.63) is 29.3 Å². The fraction of sp³-hybridized carbons (Fsp3) is 0.462. The molecule has 0 aliphatic carbocycles. The standard InChI is InChI=1S/C13H17NO4/c1-8(15)14-7-11(16)13(17)10-2-3-12-9(6-10)4-5-18-12/h2-3,6,11,13,16-17H,4-5,7H2,1H3,(H,14,15). The van der Waals surface area contributed by atoms with Crippen molar-refractivity contribution in [2.24, 2.45) is 0 Å². The number of hydrogen-bond donors (Lipinski definition) is 3. The molecular weight excluding hydrogens is 234 g/mol. The molecule has 0 fully saturated rings. The van der Waals surface area contributed by atoms with Crippen LogP contribution in [0, 0.1) is 0 Å². The minimum Gasteiger partial charge on any atom is -0.493 e. The van der Waals surface area contributed by atoms with Crippen LogP contribution in [-0.2, 0) is 11.2 Å². The lowest BCUT2D eigenvalue weighted by atomic mass is 10.0. The minimum atomic E-state index is -1.02. The van der Waals surface area contributed by atoms with E-state index in [1.807, 2.05) is 6.07 Å². The number of hydrogen-bond acceptors (Lipinski definition) is 4. The average molecular weight is 251 g/mol. The molecule has 0 radical (unpaired) electrons. The number of fused-ring (bicyclic) bond motifs is 1. The van der Waals surface area contributed by atoms with Crippen molar-refractivity contribution in [1.82, 2.24) is 5.32 Å². The molecule has 1 amide bonds. The first-order valence-corrected chi connectivity index (χ1v) is 5.94. The van der Waals surface area contributed by atoms with Gasteiger partial charge in [-0.15, -0.1) is 0 Å². The van der Waals surface area contributed by atoms with Gasteiger partial charge >= 0.3 is 0 Å². The van der Waals surface area contributed by atoms with Crippen molar-refractivity contribution >= 4 is 5.91 Å². The molecule has 2 rings (SSSR count). The van der Waals surface area contributed by atoms with Crippen LogP contribution < -0.4 is 10.1 Å². The van der Waals surface area contributed by atoms with Gasteiger partial charge < -0.3 is 20.3 Å². The summed E-state index contributed by atoms with van der Waals surface area (Å²) < 4.78 is 5.37. The van der Waals surface area contributed by atoms with E-state index >= 15 is 0 Å². The zero-order valence-corrected chi connectivity index (χ0v) is 10.2.